The van der Waals surface area contributed by atoms with Gasteiger partial charge in [0.1, 0.15) is 0 Å². The maximum Gasteiger partial charge on any atom is 0.319 e. The van der Waals surface area contributed by atoms with Crippen LogP contribution in [-0.2, 0) is 0 Å². The van der Waals surface area contributed by atoms with Crippen LogP contribution in [0, 0.1) is 0 Å². The summed E-state index contributed by atoms with van der Waals surface area (Å²) in [6.45, 7) is 2.15. The summed E-state index contributed by atoms with van der Waals surface area (Å²) in [4.78, 5) is 11.6. The van der Waals surface area contributed by atoms with E-state index < -0.39 is 6.10 Å². The lowest BCUT2D eigenvalue weighted by Crippen LogP contribution is -2.30. The minimum Gasteiger partial charge on any atom is -0.393 e. The molecule has 0 fully saturated rings. The largest absolute Gasteiger partial charge is 0.393 e. The number of hydrogen-bond acceptors (Lipinski definition) is 2. The summed E-state index contributed by atoms with van der Waals surface area (Å²) < 4.78 is 0. The minimum absolute atomic E-state index is 0.261. The van der Waals surface area contributed by atoms with Crippen LogP contribution in [0.1, 0.15) is 13.3 Å². The first kappa shape index (κ1) is 15.1. The molecule has 110 valence electrons. The van der Waals surface area contributed by atoms with Crippen molar-refractivity contribution in [3.05, 3.63) is 54.6 Å². The van der Waals surface area contributed by atoms with E-state index in [4.69, 9.17) is 5.11 Å². The predicted molar refractivity (Wildman–Crippen MR) is 85.2 cm³/mol. The van der Waals surface area contributed by atoms with Gasteiger partial charge < -0.3 is 15.7 Å². The zero-order chi connectivity index (χ0) is 15.1. The van der Waals surface area contributed by atoms with Crippen molar-refractivity contribution in [1.82, 2.24) is 5.32 Å². The lowest BCUT2D eigenvalue weighted by atomic mass is 10.1. The van der Waals surface area contributed by atoms with Crippen molar-refractivity contribution in [2.45, 2.75) is 19.4 Å². The smallest absolute Gasteiger partial charge is 0.319 e. The Hall–Kier alpha value is -2.33. The van der Waals surface area contributed by atoms with E-state index in [-0.39, 0.29) is 6.03 Å². The van der Waals surface area contributed by atoms with Crippen molar-refractivity contribution in [2.75, 3.05) is 11.9 Å². The van der Waals surface area contributed by atoms with E-state index in [1.54, 1.807) is 6.92 Å². The van der Waals surface area contributed by atoms with E-state index in [0.717, 1.165) is 16.8 Å². The molecule has 4 nitrogen and oxygen atoms in total. The summed E-state index contributed by atoms with van der Waals surface area (Å²) in [7, 11) is 0. The highest BCUT2D eigenvalue weighted by molar-refractivity contribution is 5.89. The molecular formula is C17H20N2O2. The Morgan fingerprint density at radius 1 is 1.05 bits per heavy atom. The van der Waals surface area contributed by atoms with E-state index in [2.05, 4.69) is 10.6 Å². The molecule has 3 N–H and O–H groups in total. The minimum atomic E-state index is -0.407. The lowest BCUT2D eigenvalue weighted by molar-refractivity contribution is 0.184. The second-order valence-electron chi connectivity index (χ2n) is 4.96. The highest BCUT2D eigenvalue weighted by Crippen LogP contribution is 2.20. The van der Waals surface area contributed by atoms with Gasteiger partial charge in [-0.15, -0.1) is 0 Å². The number of anilines is 1. The molecule has 2 aromatic carbocycles. The number of carbonyl (C=O) groups excluding carboxylic acids is 1. The maximum atomic E-state index is 11.6. The topological polar surface area (TPSA) is 61.4 Å². The third kappa shape index (κ3) is 4.93. The Kier molecular flexibility index (Phi) is 5.35. The Balaban J connectivity index is 1.89. The normalized spacial score (nSPS) is 11.7. The van der Waals surface area contributed by atoms with Gasteiger partial charge in [-0.2, -0.15) is 0 Å². The molecule has 2 rings (SSSR count). The number of hydrogen-bond donors (Lipinski definition) is 3. The molecule has 2 aromatic rings. The Labute approximate surface area is 124 Å². The second kappa shape index (κ2) is 7.45. The highest BCUT2D eigenvalue weighted by Gasteiger charge is 2.03. The zero-order valence-corrected chi connectivity index (χ0v) is 12.0. The van der Waals surface area contributed by atoms with Gasteiger partial charge in [-0.05, 0) is 36.6 Å². The SMILES string of the molecule is CC(O)CCNC(=O)Nc1ccc(-c2ccccc2)cc1. The van der Waals surface area contributed by atoms with Crippen LogP contribution in [0.5, 0.6) is 0 Å². The molecule has 0 aromatic heterocycles. The zero-order valence-electron chi connectivity index (χ0n) is 12.0. The third-order valence-electron chi connectivity index (χ3n) is 3.10. The Bertz CT molecular complexity index is 565. The van der Waals surface area contributed by atoms with E-state index >= 15 is 0 Å². The number of aliphatic hydroxyl groups is 1. The number of nitrogens with one attached hydrogen (secondary N) is 2. The maximum absolute atomic E-state index is 11.6. The van der Waals surface area contributed by atoms with Crippen molar-refractivity contribution in [1.29, 1.82) is 0 Å². The average molecular weight is 284 g/mol. The lowest BCUT2D eigenvalue weighted by Gasteiger charge is -2.09. The number of benzene rings is 2. The standard InChI is InChI=1S/C17H20N2O2/c1-13(20)11-12-18-17(21)19-16-9-7-15(8-10-16)14-5-3-2-4-6-14/h2-10,13,20H,11-12H2,1H3,(H2,18,19,21). The number of urea groups is 1. The third-order valence-corrected chi connectivity index (χ3v) is 3.10. The molecule has 1 unspecified atom stereocenters. The van der Waals surface area contributed by atoms with Gasteiger partial charge in [-0.3, -0.25) is 0 Å². The van der Waals surface area contributed by atoms with Crippen molar-refractivity contribution >= 4 is 11.7 Å². The number of aliphatic hydroxyl groups excluding tert-OH is 1. The summed E-state index contributed by atoms with van der Waals surface area (Å²) in [5, 5.41) is 14.6. The molecular weight excluding hydrogens is 264 g/mol. The van der Waals surface area contributed by atoms with Gasteiger partial charge in [0.25, 0.3) is 0 Å². The van der Waals surface area contributed by atoms with Crippen molar-refractivity contribution in [3.8, 4) is 11.1 Å². The molecule has 0 saturated heterocycles. The van der Waals surface area contributed by atoms with Crippen molar-refractivity contribution in [2.24, 2.45) is 0 Å². The molecule has 0 spiro atoms. The van der Waals surface area contributed by atoms with Crippen LogP contribution >= 0.6 is 0 Å². The highest BCUT2D eigenvalue weighted by atomic mass is 16.3. The first-order valence-corrected chi connectivity index (χ1v) is 7.03. The predicted octanol–water partition coefficient (Wildman–Crippen LogP) is 3.25. The van der Waals surface area contributed by atoms with Gasteiger partial charge in [0, 0.05) is 12.2 Å². The Morgan fingerprint density at radius 3 is 2.29 bits per heavy atom. The Morgan fingerprint density at radius 2 is 1.67 bits per heavy atom. The van der Waals surface area contributed by atoms with Crippen LogP contribution in [0.4, 0.5) is 10.5 Å². The van der Waals surface area contributed by atoms with Gasteiger partial charge in [-0.1, -0.05) is 42.5 Å². The van der Waals surface area contributed by atoms with Crippen LogP contribution < -0.4 is 10.6 Å². The van der Waals surface area contributed by atoms with E-state index in [1.165, 1.54) is 0 Å². The van der Waals surface area contributed by atoms with Gasteiger partial charge in [-0.25, -0.2) is 4.79 Å². The molecule has 0 aliphatic rings. The number of amides is 2. The average Bonchev–Trinajstić information content (AvgIpc) is 2.48. The van der Waals surface area contributed by atoms with E-state index in [0.29, 0.717) is 13.0 Å². The monoisotopic (exact) mass is 284 g/mol. The van der Waals surface area contributed by atoms with Gasteiger partial charge in [0.15, 0.2) is 0 Å². The van der Waals surface area contributed by atoms with Crippen molar-refractivity contribution < 1.29 is 9.90 Å². The van der Waals surface area contributed by atoms with Crippen LogP contribution in [-0.4, -0.2) is 23.8 Å². The van der Waals surface area contributed by atoms with Crippen molar-refractivity contribution in [3.63, 3.8) is 0 Å². The quantitative estimate of drug-likeness (QED) is 0.789. The molecule has 0 aliphatic carbocycles. The molecule has 1 atom stereocenters. The molecule has 0 radical (unpaired) electrons. The fourth-order valence-electron chi connectivity index (χ4n) is 1.95. The summed E-state index contributed by atoms with van der Waals surface area (Å²) in [6.07, 6.45) is 0.135. The van der Waals surface area contributed by atoms with Crippen LogP contribution in [0.15, 0.2) is 54.6 Å². The molecule has 0 bridgehead atoms. The molecule has 0 aliphatic heterocycles. The molecule has 4 heteroatoms. The summed E-state index contributed by atoms with van der Waals surface area (Å²) in [6, 6.07) is 17.5. The summed E-state index contributed by atoms with van der Waals surface area (Å²) in [5.41, 5.74) is 2.99. The fraction of sp³-hybridized carbons (Fsp3) is 0.235. The van der Waals surface area contributed by atoms with Gasteiger partial charge in [0.05, 0.1) is 6.10 Å². The fourth-order valence-corrected chi connectivity index (χ4v) is 1.95. The first-order valence-electron chi connectivity index (χ1n) is 7.03. The number of rotatable bonds is 5. The van der Waals surface area contributed by atoms with Crippen LogP contribution in [0.25, 0.3) is 11.1 Å². The van der Waals surface area contributed by atoms with Gasteiger partial charge >= 0.3 is 6.03 Å². The van der Waals surface area contributed by atoms with E-state index in [1.807, 2.05) is 54.6 Å². The van der Waals surface area contributed by atoms with E-state index in [9.17, 15) is 4.79 Å². The molecule has 0 saturated carbocycles. The number of carbonyl (C=O) groups is 1. The van der Waals surface area contributed by atoms with Crippen LogP contribution in [0.2, 0.25) is 0 Å². The first-order chi connectivity index (χ1) is 10.1. The van der Waals surface area contributed by atoms with Crippen LogP contribution in [0.3, 0.4) is 0 Å². The molecule has 0 heterocycles. The summed E-state index contributed by atoms with van der Waals surface area (Å²) in [5.74, 6) is 0. The molecule has 21 heavy (non-hydrogen) atoms. The van der Waals surface area contributed by atoms with Gasteiger partial charge in [0.2, 0.25) is 0 Å². The molecule has 2 amide bonds. The second-order valence-corrected chi connectivity index (χ2v) is 4.96. The summed E-state index contributed by atoms with van der Waals surface area (Å²) >= 11 is 0.